The van der Waals surface area contributed by atoms with E-state index in [4.69, 9.17) is 0 Å². The molecule has 0 amide bonds. The molecule has 2 rings (SSSR count). The number of hydrogen-bond donors (Lipinski definition) is 0. The van der Waals surface area contributed by atoms with Gasteiger partial charge in [-0.2, -0.15) is 0 Å². The molecule has 0 spiro atoms. The molecule has 0 saturated carbocycles. The third-order valence-corrected chi connectivity index (χ3v) is 3.17. The highest BCUT2D eigenvalue weighted by molar-refractivity contribution is 5.86. The van der Waals surface area contributed by atoms with Crippen molar-refractivity contribution >= 4 is 16.5 Å². The average Bonchev–Trinajstić information content (AvgIpc) is 2.54. The molecule has 1 heterocycles. The number of fused-ring (bicyclic) bond motifs is 1. The molecule has 0 aliphatic heterocycles. The van der Waals surface area contributed by atoms with Gasteiger partial charge in [-0.15, -0.1) is 0 Å². The number of hydrogen-bond acceptors (Lipinski definition) is 0. The Labute approximate surface area is 97.4 Å². The SMILES string of the molecule is C=C(c1cc2ccccc2n1C)C(C)(C)C. The van der Waals surface area contributed by atoms with Gasteiger partial charge < -0.3 is 4.57 Å². The highest BCUT2D eigenvalue weighted by atomic mass is 14.9. The molecule has 1 heteroatoms. The molecule has 0 radical (unpaired) electrons. The van der Waals surface area contributed by atoms with Crippen molar-refractivity contribution in [2.24, 2.45) is 12.5 Å². The molecule has 0 N–H and O–H groups in total. The van der Waals surface area contributed by atoms with Crippen LogP contribution in [-0.2, 0) is 7.05 Å². The Hall–Kier alpha value is -1.50. The van der Waals surface area contributed by atoms with Crippen LogP contribution in [0.4, 0.5) is 0 Å². The molecule has 0 aliphatic rings. The zero-order valence-electron chi connectivity index (χ0n) is 10.5. The Balaban J connectivity index is 2.63. The van der Waals surface area contributed by atoms with Crippen molar-refractivity contribution in [2.75, 3.05) is 0 Å². The van der Waals surface area contributed by atoms with E-state index in [9.17, 15) is 0 Å². The van der Waals surface area contributed by atoms with Gasteiger partial charge in [0.1, 0.15) is 0 Å². The Morgan fingerprint density at radius 2 is 1.81 bits per heavy atom. The number of rotatable bonds is 1. The molecule has 1 aromatic carbocycles. The number of aromatic nitrogens is 1. The zero-order valence-corrected chi connectivity index (χ0v) is 10.5. The summed E-state index contributed by atoms with van der Waals surface area (Å²) in [6.07, 6.45) is 0. The first kappa shape index (κ1) is 11.0. The maximum atomic E-state index is 4.23. The smallest absolute Gasteiger partial charge is 0.0482 e. The zero-order chi connectivity index (χ0) is 11.9. The van der Waals surface area contributed by atoms with Crippen molar-refractivity contribution in [2.45, 2.75) is 20.8 Å². The Morgan fingerprint density at radius 3 is 2.38 bits per heavy atom. The van der Waals surface area contributed by atoms with Crippen LogP contribution in [0.5, 0.6) is 0 Å². The maximum Gasteiger partial charge on any atom is 0.0482 e. The van der Waals surface area contributed by atoms with E-state index in [-0.39, 0.29) is 5.41 Å². The Morgan fingerprint density at radius 1 is 1.19 bits per heavy atom. The number of aryl methyl sites for hydroxylation is 1. The minimum absolute atomic E-state index is 0.113. The number of benzene rings is 1. The fraction of sp³-hybridized carbons (Fsp3) is 0.333. The van der Waals surface area contributed by atoms with Crippen LogP contribution >= 0.6 is 0 Å². The van der Waals surface area contributed by atoms with Crippen molar-refractivity contribution in [1.82, 2.24) is 4.57 Å². The van der Waals surface area contributed by atoms with Crippen LogP contribution in [0.2, 0.25) is 0 Å². The molecule has 0 aliphatic carbocycles. The lowest BCUT2D eigenvalue weighted by molar-refractivity contribution is 0.563. The minimum atomic E-state index is 0.113. The lowest BCUT2D eigenvalue weighted by atomic mass is 9.85. The van der Waals surface area contributed by atoms with Crippen LogP contribution in [0.1, 0.15) is 26.5 Å². The van der Waals surface area contributed by atoms with Gasteiger partial charge in [0.15, 0.2) is 0 Å². The number of para-hydroxylation sites is 1. The van der Waals surface area contributed by atoms with Gasteiger partial charge in [-0.25, -0.2) is 0 Å². The topological polar surface area (TPSA) is 4.93 Å². The first-order chi connectivity index (χ1) is 7.41. The largest absolute Gasteiger partial charge is 0.344 e. The highest BCUT2D eigenvalue weighted by Crippen LogP contribution is 2.34. The molecular weight excluding hydrogens is 194 g/mol. The fourth-order valence-corrected chi connectivity index (χ4v) is 1.96. The van der Waals surface area contributed by atoms with Gasteiger partial charge in [0.25, 0.3) is 0 Å². The van der Waals surface area contributed by atoms with Crippen molar-refractivity contribution in [1.29, 1.82) is 0 Å². The second-order valence-electron chi connectivity index (χ2n) is 5.38. The molecule has 0 saturated heterocycles. The van der Waals surface area contributed by atoms with Gasteiger partial charge in [0, 0.05) is 23.6 Å². The van der Waals surface area contributed by atoms with E-state index in [2.05, 4.69) is 69.3 Å². The summed E-state index contributed by atoms with van der Waals surface area (Å²) in [5.41, 5.74) is 3.80. The molecule has 0 bridgehead atoms. The van der Waals surface area contributed by atoms with Crippen LogP contribution in [-0.4, -0.2) is 4.57 Å². The molecule has 2 aromatic rings. The third kappa shape index (κ3) is 1.67. The molecule has 84 valence electrons. The standard InChI is InChI=1S/C15H19N/c1-11(15(2,3)4)14-10-12-8-6-7-9-13(12)16(14)5/h6-10H,1H2,2-5H3. The Kier molecular flexibility index (Phi) is 2.42. The number of allylic oxidation sites excluding steroid dienone is 1. The van der Waals surface area contributed by atoms with Gasteiger partial charge in [0.05, 0.1) is 0 Å². The third-order valence-electron chi connectivity index (χ3n) is 3.17. The van der Waals surface area contributed by atoms with Gasteiger partial charge in [-0.3, -0.25) is 0 Å². The van der Waals surface area contributed by atoms with Crippen LogP contribution in [0, 0.1) is 5.41 Å². The molecule has 1 aromatic heterocycles. The summed E-state index contributed by atoms with van der Waals surface area (Å²) in [6.45, 7) is 10.8. The first-order valence-electron chi connectivity index (χ1n) is 5.65. The minimum Gasteiger partial charge on any atom is -0.344 e. The van der Waals surface area contributed by atoms with Gasteiger partial charge >= 0.3 is 0 Å². The molecule has 16 heavy (non-hydrogen) atoms. The lowest BCUT2D eigenvalue weighted by Gasteiger charge is -2.22. The predicted molar refractivity (Wildman–Crippen MR) is 71.4 cm³/mol. The van der Waals surface area contributed by atoms with E-state index in [0.717, 1.165) is 0 Å². The van der Waals surface area contributed by atoms with Gasteiger partial charge in [0.2, 0.25) is 0 Å². The van der Waals surface area contributed by atoms with Gasteiger partial charge in [-0.1, -0.05) is 45.5 Å². The fourth-order valence-electron chi connectivity index (χ4n) is 1.96. The molecular formula is C15H19N. The Bertz CT molecular complexity index is 538. The second kappa shape index (κ2) is 3.51. The van der Waals surface area contributed by atoms with Crippen molar-refractivity contribution in [3.8, 4) is 0 Å². The van der Waals surface area contributed by atoms with E-state index in [0.29, 0.717) is 0 Å². The average molecular weight is 213 g/mol. The lowest BCUT2D eigenvalue weighted by Crippen LogP contribution is -2.09. The molecule has 0 atom stereocenters. The summed E-state index contributed by atoms with van der Waals surface area (Å²) in [7, 11) is 2.11. The van der Waals surface area contributed by atoms with E-state index in [1.165, 1.54) is 22.2 Å². The van der Waals surface area contributed by atoms with Gasteiger partial charge in [-0.05, 0) is 23.1 Å². The quantitative estimate of drug-likeness (QED) is 0.667. The maximum absolute atomic E-state index is 4.23. The predicted octanol–water partition coefficient (Wildman–Crippen LogP) is 4.24. The van der Waals surface area contributed by atoms with Crippen molar-refractivity contribution in [3.05, 3.63) is 42.6 Å². The molecule has 0 unspecified atom stereocenters. The van der Waals surface area contributed by atoms with Crippen molar-refractivity contribution < 1.29 is 0 Å². The van der Waals surface area contributed by atoms with Crippen LogP contribution in [0.3, 0.4) is 0 Å². The first-order valence-corrected chi connectivity index (χ1v) is 5.65. The summed E-state index contributed by atoms with van der Waals surface area (Å²) >= 11 is 0. The van der Waals surface area contributed by atoms with E-state index < -0.39 is 0 Å². The van der Waals surface area contributed by atoms with Crippen LogP contribution < -0.4 is 0 Å². The summed E-state index contributed by atoms with van der Waals surface area (Å²) in [5, 5.41) is 1.28. The number of nitrogens with zero attached hydrogens (tertiary/aromatic N) is 1. The summed E-state index contributed by atoms with van der Waals surface area (Å²) in [5.74, 6) is 0. The van der Waals surface area contributed by atoms with E-state index in [1.807, 2.05) is 0 Å². The van der Waals surface area contributed by atoms with Crippen molar-refractivity contribution in [3.63, 3.8) is 0 Å². The normalized spacial score (nSPS) is 12.0. The van der Waals surface area contributed by atoms with E-state index >= 15 is 0 Å². The molecule has 1 nitrogen and oxygen atoms in total. The van der Waals surface area contributed by atoms with Crippen LogP contribution in [0.15, 0.2) is 36.9 Å². The highest BCUT2D eigenvalue weighted by Gasteiger charge is 2.19. The molecule has 0 fully saturated rings. The van der Waals surface area contributed by atoms with E-state index in [1.54, 1.807) is 0 Å². The van der Waals surface area contributed by atoms with Crippen LogP contribution in [0.25, 0.3) is 16.5 Å². The monoisotopic (exact) mass is 213 g/mol. The summed E-state index contributed by atoms with van der Waals surface area (Å²) < 4.78 is 2.23. The summed E-state index contributed by atoms with van der Waals surface area (Å²) in [4.78, 5) is 0. The second-order valence-corrected chi connectivity index (χ2v) is 5.38. The summed E-state index contributed by atoms with van der Waals surface area (Å²) in [6, 6.07) is 10.7.